The maximum absolute atomic E-state index is 10.3. The van der Waals surface area contributed by atoms with E-state index < -0.39 is 6.10 Å². The molecule has 2 aromatic carbocycles. The summed E-state index contributed by atoms with van der Waals surface area (Å²) in [6.45, 7) is 6.74. The molecule has 0 spiro atoms. The van der Waals surface area contributed by atoms with Gasteiger partial charge < -0.3 is 14.7 Å². The molecule has 0 unspecified atom stereocenters. The van der Waals surface area contributed by atoms with E-state index in [4.69, 9.17) is 16.3 Å². The van der Waals surface area contributed by atoms with Crippen molar-refractivity contribution in [2.75, 3.05) is 44.2 Å². The molecule has 1 saturated heterocycles. The molecule has 4 nitrogen and oxygen atoms in total. The van der Waals surface area contributed by atoms with Crippen molar-refractivity contribution in [3.63, 3.8) is 0 Å². The third-order valence-corrected chi connectivity index (χ3v) is 4.81. The Morgan fingerprint density at radius 1 is 1.04 bits per heavy atom. The summed E-state index contributed by atoms with van der Waals surface area (Å²) in [5, 5.41) is 11.0. The normalized spacial score (nSPS) is 16.7. The number of ether oxygens (including phenoxy) is 1. The molecule has 1 fully saturated rings. The molecule has 0 saturated carbocycles. The Hall–Kier alpha value is -1.75. The van der Waals surface area contributed by atoms with Crippen LogP contribution in [-0.2, 0) is 0 Å². The fourth-order valence-corrected chi connectivity index (χ4v) is 3.22. The SMILES string of the molecule is Cc1ccccc1OC[C@@H](O)CN1CCN(c2ccc(Cl)cc2)CC1. The molecule has 1 aliphatic rings. The number of aliphatic hydroxyl groups excluding tert-OH is 1. The van der Waals surface area contributed by atoms with E-state index >= 15 is 0 Å². The minimum Gasteiger partial charge on any atom is -0.491 e. The van der Waals surface area contributed by atoms with Crippen molar-refractivity contribution < 1.29 is 9.84 Å². The van der Waals surface area contributed by atoms with Gasteiger partial charge in [0, 0.05) is 43.4 Å². The highest BCUT2D eigenvalue weighted by Gasteiger charge is 2.19. The van der Waals surface area contributed by atoms with Gasteiger partial charge in [-0.2, -0.15) is 0 Å². The van der Waals surface area contributed by atoms with E-state index in [9.17, 15) is 5.11 Å². The van der Waals surface area contributed by atoms with E-state index in [1.165, 1.54) is 5.69 Å². The van der Waals surface area contributed by atoms with Crippen LogP contribution in [0.3, 0.4) is 0 Å². The number of aryl methyl sites for hydroxylation is 1. The molecule has 0 radical (unpaired) electrons. The number of nitrogens with zero attached hydrogens (tertiary/aromatic N) is 2. The lowest BCUT2D eigenvalue weighted by Crippen LogP contribution is -2.49. The Balaban J connectivity index is 1.42. The van der Waals surface area contributed by atoms with Gasteiger partial charge in [0.05, 0.1) is 0 Å². The van der Waals surface area contributed by atoms with E-state index in [2.05, 4.69) is 21.9 Å². The van der Waals surface area contributed by atoms with E-state index in [1.54, 1.807) is 0 Å². The van der Waals surface area contributed by atoms with Gasteiger partial charge >= 0.3 is 0 Å². The number of halogens is 1. The van der Waals surface area contributed by atoms with Crippen molar-refractivity contribution in [2.45, 2.75) is 13.0 Å². The molecule has 0 aromatic heterocycles. The van der Waals surface area contributed by atoms with E-state index in [1.807, 2.05) is 43.3 Å². The zero-order valence-corrected chi connectivity index (χ0v) is 15.3. The topological polar surface area (TPSA) is 35.9 Å². The molecule has 2 aromatic rings. The van der Waals surface area contributed by atoms with Gasteiger partial charge in [-0.05, 0) is 42.8 Å². The van der Waals surface area contributed by atoms with Crippen LogP contribution in [0.1, 0.15) is 5.56 Å². The highest BCUT2D eigenvalue weighted by Crippen LogP contribution is 2.20. The molecule has 25 heavy (non-hydrogen) atoms. The standard InChI is InChI=1S/C20H25ClN2O2/c1-16-4-2-3-5-20(16)25-15-19(24)14-22-10-12-23(13-11-22)18-8-6-17(21)7-9-18/h2-9,19,24H,10-15H2,1H3/t19-/m0/s1. The summed E-state index contributed by atoms with van der Waals surface area (Å²) < 4.78 is 5.74. The first-order valence-electron chi connectivity index (χ1n) is 8.71. The van der Waals surface area contributed by atoms with Crippen molar-refractivity contribution in [1.82, 2.24) is 4.90 Å². The Bertz CT molecular complexity index is 670. The zero-order valence-electron chi connectivity index (χ0n) is 14.6. The van der Waals surface area contributed by atoms with Crippen molar-refractivity contribution >= 4 is 17.3 Å². The molecule has 1 atom stereocenters. The second-order valence-corrected chi connectivity index (χ2v) is 6.93. The van der Waals surface area contributed by atoms with Gasteiger partial charge in [-0.1, -0.05) is 29.8 Å². The average molecular weight is 361 g/mol. The largest absolute Gasteiger partial charge is 0.491 e. The summed E-state index contributed by atoms with van der Waals surface area (Å²) in [6, 6.07) is 15.9. The lowest BCUT2D eigenvalue weighted by atomic mass is 10.2. The molecule has 1 aliphatic heterocycles. The molecule has 0 aliphatic carbocycles. The van der Waals surface area contributed by atoms with Gasteiger partial charge in [0.2, 0.25) is 0 Å². The number of hydrogen-bond acceptors (Lipinski definition) is 4. The lowest BCUT2D eigenvalue weighted by molar-refractivity contribution is 0.0661. The maximum Gasteiger partial charge on any atom is 0.122 e. The van der Waals surface area contributed by atoms with E-state index in [0.717, 1.165) is 42.5 Å². The van der Waals surface area contributed by atoms with Crippen LogP contribution >= 0.6 is 11.6 Å². The number of piperazine rings is 1. The predicted octanol–water partition coefficient (Wildman–Crippen LogP) is 3.21. The lowest BCUT2D eigenvalue weighted by Gasteiger charge is -2.36. The monoisotopic (exact) mass is 360 g/mol. The van der Waals surface area contributed by atoms with Gasteiger partial charge in [0.15, 0.2) is 0 Å². The minimum absolute atomic E-state index is 0.322. The van der Waals surface area contributed by atoms with Crippen LogP contribution < -0.4 is 9.64 Å². The smallest absolute Gasteiger partial charge is 0.122 e. The zero-order chi connectivity index (χ0) is 17.6. The van der Waals surface area contributed by atoms with Crippen LogP contribution in [-0.4, -0.2) is 55.4 Å². The van der Waals surface area contributed by atoms with Crippen LogP contribution in [0, 0.1) is 6.92 Å². The van der Waals surface area contributed by atoms with Crippen LogP contribution in [0.25, 0.3) is 0 Å². The minimum atomic E-state index is -0.485. The highest BCUT2D eigenvalue weighted by atomic mass is 35.5. The first-order chi connectivity index (χ1) is 12.1. The molecule has 1 N–H and O–H groups in total. The Kier molecular flexibility index (Phi) is 6.19. The molecular weight excluding hydrogens is 336 g/mol. The van der Waals surface area contributed by atoms with Gasteiger partial charge in [-0.15, -0.1) is 0 Å². The first-order valence-corrected chi connectivity index (χ1v) is 9.09. The Labute approximate surface area is 154 Å². The van der Waals surface area contributed by atoms with Crippen LogP contribution in [0.2, 0.25) is 5.02 Å². The van der Waals surface area contributed by atoms with E-state index in [-0.39, 0.29) is 0 Å². The van der Waals surface area contributed by atoms with Crippen molar-refractivity contribution in [2.24, 2.45) is 0 Å². The summed E-state index contributed by atoms with van der Waals surface area (Å²) >= 11 is 5.95. The highest BCUT2D eigenvalue weighted by molar-refractivity contribution is 6.30. The van der Waals surface area contributed by atoms with Gasteiger partial charge in [-0.25, -0.2) is 0 Å². The van der Waals surface area contributed by atoms with Gasteiger partial charge in [0.25, 0.3) is 0 Å². The molecular formula is C20H25ClN2O2. The van der Waals surface area contributed by atoms with Crippen LogP contribution in [0.5, 0.6) is 5.75 Å². The van der Waals surface area contributed by atoms with E-state index in [0.29, 0.717) is 13.2 Å². The van der Waals surface area contributed by atoms with Crippen molar-refractivity contribution in [3.05, 3.63) is 59.1 Å². The number of rotatable bonds is 6. The number of hydrogen-bond donors (Lipinski definition) is 1. The van der Waals surface area contributed by atoms with Gasteiger partial charge in [-0.3, -0.25) is 4.90 Å². The summed E-state index contributed by atoms with van der Waals surface area (Å²) in [4.78, 5) is 4.64. The van der Waals surface area contributed by atoms with Crippen molar-refractivity contribution in [3.8, 4) is 5.75 Å². The van der Waals surface area contributed by atoms with Crippen LogP contribution in [0.15, 0.2) is 48.5 Å². The van der Waals surface area contributed by atoms with Crippen LogP contribution in [0.4, 0.5) is 5.69 Å². The number of anilines is 1. The Morgan fingerprint density at radius 2 is 1.72 bits per heavy atom. The van der Waals surface area contributed by atoms with Gasteiger partial charge in [0.1, 0.15) is 18.5 Å². The number of β-amino-alcohol motifs (C(OH)–C–C–N with tert-alkyl or cyclic N) is 1. The second-order valence-electron chi connectivity index (χ2n) is 6.49. The number of benzene rings is 2. The molecule has 1 heterocycles. The van der Waals surface area contributed by atoms with Crippen molar-refractivity contribution in [1.29, 1.82) is 0 Å². The first kappa shape index (κ1) is 18.1. The second kappa shape index (κ2) is 8.56. The molecule has 5 heteroatoms. The quantitative estimate of drug-likeness (QED) is 0.858. The predicted molar refractivity (Wildman–Crippen MR) is 103 cm³/mol. The fourth-order valence-electron chi connectivity index (χ4n) is 3.10. The molecule has 134 valence electrons. The average Bonchev–Trinajstić information content (AvgIpc) is 2.62. The summed E-state index contributed by atoms with van der Waals surface area (Å²) in [5.41, 5.74) is 2.29. The maximum atomic E-state index is 10.3. The molecule has 0 bridgehead atoms. The third-order valence-electron chi connectivity index (χ3n) is 4.56. The molecule has 0 amide bonds. The summed E-state index contributed by atoms with van der Waals surface area (Å²) in [6.07, 6.45) is -0.485. The fraction of sp³-hybridized carbons (Fsp3) is 0.400. The molecule has 3 rings (SSSR count). The number of aliphatic hydroxyl groups is 1. The third kappa shape index (κ3) is 5.11. The summed E-state index contributed by atoms with van der Waals surface area (Å²) in [7, 11) is 0. The number of para-hydroxylation sites is 1. The Morgan fingerprint density at radius 3 is 2.40 bits per heavy atom. The summed E-state index contributed by atoms with van der Waals surface area (Å²) in [5.74, 6) is 0.842.